The number of hydrogen-bond acceptors (Lipinski definition) is 7. The summed E-state index contributed by atoms with van der Waals surface area (Å²) in [6.45, 7) is 5.05. The second kappa shape index (κ2) is 11.0. The smallest absolute Gasteiger partial charge is 0.225 e. The van der Waals surface area contributed by atoms with Crippen LogP contribution in [0.3, 0.4) is 0 Å². The van der Waals surface area contributed by atoms with Crippen LogP contribution in [-0.4, -0.2) is 57.9 Å². The zero-order valence-electron chi connectivity index (χ0n) is 20.8. The van der Waals surface area contributed by atoms with E-state index >= 15 is 0 Å². The highest BCUT2D eigenvalue weighted by molar-refractivity contribution is 6.30. The number of carbonyl (C=O) groups excluding carboxylic acids is 1. The maximum Gasteiger partial charge on any atom is 0.225 e. The van der Waals surface area contributed by atoms with Crippen LogP contribution < -0.4 is 10.2 Å². The fourth-order valence-electron chi connectivity index (χ4n) is 4.48. The zero-order valence-corrected chi connectivity index (χ0v) is 21.5. The molecule has 1 fully saturated rings. The molecule has 1 aliphatic heterocycles. The molecule has 1 saturated heterocycles. The lowest BCUT2D eigenvalue weighted by molar-refractivity contribution is -0.134. The maximum atomic E-state index is 13.4. The quantitative estimate of drug-likeness (QED) is 0.504. The SMILES string of the molecule is Cc1cc(C)nc(NCCC(=O)N2CCCC[C@@H]2c2nc(N(C)C)ncc2-c2cccc(Cl)c2)n1. The van der Waals surface area contributed by atoms with Gasteiger partial charge in [0, 0.05) is 61.8 Å². The van der Waals surface area contributed by atoms with E-state index in [1.165, 1.54) is 0 Å². The molecule has 4 rings (SSSR count). The average molecular weight is 494 g/mol. The molecule has 0 bridgehead atoms. The minimum atomic E-state index is -0.121. The van der Waals surface area contributed by atoms with Gasteiger partial charge in [0.2, 0.25) is 17.8 Å². The van der Waals surface area contributed by atoms with Crippen LogP contribution in [0, 0.1) is 13.8 Å². The number of piperidine rings is 1. The van der Waals surface area contributed by atoms with E-state index in [1.54, 1.807) is 0 Å². The predicted octanol–water partition coefficient (Wildman–Crippen LogP) is 4.83. The molecule has 184 valence electrons. The van der Waals surface area contributed by atoms with Gasteiger partial charge in [0.05, 0.1) is 11.7 Å². The van der Waals surface area contributed by atoms with Crippen molar-refractivity contribution in [3.05, 3.63) is 58.6 Å². The van der Waals surface area contributed by atoms with Crippen molar-refractivity contribution in [3.8, 4) is 11.1 Å². The molecule has 1 atom stereocenters. The first-order valence-electron chi connectivity index (χ1n) is 12.0. The van der Waals surface area contributed by atoms with Crippen LogP contribution in [0.4, 0.5) is 11.9 Å². The van der Waals surface area contributed by atoms with Gasteiger partial charge in [-0.25, -0.2) is 19.9 Å². The third-order valence-electron chi connectivity index (χ3n) is 6.08. The second-order valence-corrected chi connectivity index (χ2v) is 9.56. The number of nitrogens with one attached hydrogen (secondary N) is 1. The van der Waals surface area contributed by atoms with Crippen molar-refractivity contribution in [1.29, 1.82) is 0 Å². The summed E-state index contributed by atoms with van der Waals surface area (Å²) in [6, 6.07) is 9.50. The summed E-state index contributed by atoms with van der Waals surface area (Å²) in [6.07, 6.45) is 5.08. The minimum absolute atomic E-state index is 0.0913. The zero-order chi connectivity index (χ0) is 24.9. The highest BCUT2D eigenvalue weighted by atomic mass is 35.5. The molecule has 1 aromatic carbocycles. The van der Waals surface area contributed by atoms with E-state index in [0.29, 0.717) is 36.4 Å². The molecular formula is C26H32ClN7O. The first-order valence-corrected chi connectivity index (χ1v) is 12.4. The molecule has 35 heavy (non-hydrogen) atoms. The monoisotopic (exact) mass is 493 g/mol. The summed E-state index contributed by atoms with van der Waals surface area (Å²) in [5.74, 6) is 1.27. The fourth-order valence-corrected chi connectivity index (χ4v) is 4.67. The Kier molecular flexibility index (Phi) is 7.80. The van der Waals surface area contributed by atoms with Crippen molar-refractivity contribution in [1.82, 2.24) is 24.8 Å². The highest BCUT2D eigenvalue weighted by Gasteiger charge is 2.31. The van der Waals surface area contributed by atoms with Crippen molar-refractivity contribution in [2.24, 2.45) is 0 Å². The molecular weight excluding hydrogens is 462 g/mol. The van der Waals surface area contributed by atoms with Gasteiger partial charge in [-0.1, -0.05) is 23.7 Å². The average Bonchev–Trinajstić information content (AvgIpc) is 2.83. The molecule has 0 aliphatic carbocycles. The number of nitrogens with zero attached hydrogens (tertiary/aromatic N) is 6. The Morgan fingerprint density at radius 2 is 1.91 bits per heavy atom. The number of likely N-dealkylation sites (tertiary alicyclic amines) is 1. The van der Waals surface area contributed by atoms with E-state index in [9.17, 15) is 4.79 Å². The van der Waals surface area contributed by atoms with E-state index in [4.69, 9.17) is 16.6 Å². The van der Waals surface area contributed by atoms with E-state index in [1.807, 2.05) is 74.3 Å². The Morgan fingerprint density at radius 1 is 1.14 bits per heavy atom. The summed E-state index contributed by atoms with van der Waals surface area (Å²) < 4.78 is 0. The second-order valence-electron chi connectivity index (χ2n) is 9.12. The Bertz CT molecular complexity index is 1180. The largest absolute Gasteiger partial charge is 0.354 e. The number of benzene rings is 1. The third-order valence-corrected chi connectivity index (χ3v) is 6.32. The Hall–Kier alpha value is -3.26. The summed E-state index contributed by atoms with van der Waals surface area (Å²) in [7, 11) is 3.84. The summed E-state index contributed by atoms with van der Waals surface area (Å²) in [5.41, 5.74) is 4.52. The number of anilines is 2. The molecule has 3 aromatic rings. The van der Waals surface area contributed by atoms with Gasteiger partial charge in [-0.3, -0.25) is 4.79 Å². The highest BCUT2D eigenvalue weighted by Crippen LogP contribution is 2.37. The van der Waals surface area contributed by atoms with Crippen molar-refractivity contribution in [3.63, 3.8) is 0 Å². The van der Waals surface area contributed by atoms with Crippen molar-refractivity contribution in [2.45, 2.75) is 45.6 Å². The molecule has 2 aromatic heterocycles. The third kappa shape index (κ3) is 6.06. The molecule has 8 nitrogen and oxygen atoms in total. The van der Waals surface area contributed by atoms with Crippen LogP contribution in [-0.2, 0) is 4.79 Å². The fraction of sp³-hybridized carbons (Fsp3) is 0.423. The van der Waals surface area contributed by atoms with Gasteiger partial charge in [-0.15, -0.1) is 0 Å². The first-order chi connectivity index (χ1) is 16.8. The van der Waals surface area contributed by atoms with Gasteiger partial charge in [0.25, 0.3) is 0 Å². The standard InChI is InChI=1S/C26H32ClN7O/c1-17-14-18(2)31-25(30-17)28-12-11-23(35)34-13-6-5-10-22(34)24-21(16-29-26(32-24)33(3)4)19-8-7-9-20(27)15-19/h7-9,14-16,22H,5-6,10-13H2,1-4H3,(H,28,30,31)/t22-/m1/s1. The van der Waals surface area contributed by atoms with Crippen molar-refractivity contribution < 1.29 is 4.79 Å². The summed E-state index contributed by atoms with van der Waals surface area (Å²) in [5, 5.41) is 3.86. The van der Waals surface area contributed by atoms with Gasteiger partial charge in [-0.05, 0) is 56.9 Å². The number of hydrogen-bond donors (Lipinski definition) is 1. The minimum Gasteiger partial charge on any atom is -0.354 e. The van der Waals surface area contributed by atoms with Crippen molar-refractivity contribution in [2.75, 3.05) is 37.4 Å². The normalized spacial score (nSPS) is 15.7. The van der Waals surface area contributed by atoms with Crippen LogP contribution >= 0.6 is 11.6 Å². The number of rotatable bonds is 7. The number of aromatic nitrogens is 4. The van der Waals surface area contributed by atoms with E-state index in [0.717, 1.165) is 47.5 Å². The molecule has 0 spiro atoms. The van der Waals surface area contributed by atoms with Gasteiger partial charge in [0.15, 0.2) is 0 Å². The molecule has 0 saturated carbocycles. The molecule has 3 heterocycles. The molecule has 0 unspecified atom stereocenters. The number of halogens is 1. The topological polar surface area (TPSA) is 87.1 Å². The Labute approximate surface area is 211 Å². The number of aryl methyl sites for hydroxylation is 2. The number of amides is 1. The van der Waals surface area contributed by atoms with E-state index in [2.05, 4.69) is 20.3 Å². The van der Waals surface area contributed by atoms with Gasteiger partial charge >= 0.3 is 0 Å². The molecule has 1 amide bonds. The molecule has 1 N–H and O–H groups in total. The lowest BCUT2D eigenvalue weighted by Gasteiger charge is -2.36. The van der Waals surface area contributed by atoms with Crippen LogP contribution in [0.15, 0.2) is 36.5 Å². The first kappa shape index (κ1) is 24.9. The summed E-state index contributed by atoms with van der Waals surface area (Å²) in [4.78, 5) is 35.5. The maximum absolute atomic E-state index is 13.4. The van der Waals surface area contributed by atoms with Crippen LogP contribution in [0.1, 0.15) is 48.8 Å². The molecule has 0 radical (unpaired) electrons. The summed E-state index contributed by atoms with van der Waals surface area (Å²) >= 11 is 6.29. The molecule has 9 heteroatoms. The van der Waals surface area contributed by atoms with Crippen LogP contribution in [0.2, 0.25) is 5.02 Å². The van der Waals surface area contributed by atoms with E-state index < -0.39 is 0 Å². The predicted molar refractivity (Wildman–Crippen MR) is 140 cm³/mol. The van der Waals surface area contributed by atoms with Gasteiger partial charge in [0.1, 0.15) is 0 Å². The number of carbonyl (C=O) groups is 1. The van der Waals surface area contributed by atoms with Gasteiger partial charge in [-0.2, -0.15) is 0 Å². The van der Waals surface area contributed by atoms with Crippen LogP contribution in [0.5, 0.6) is 0 Å². The lowest BCUT2D eigenvalue weighted by atomic mass is 9.93. The van der Waals surface area contributed by atoms with Crippen molar-refractivity contribution >= 4 is 29.4 Å². The van der Waals surface area contributed by atoms with Crippen LogP contribution in [0.25, 0.3) is 11.1 Å². The lowest BCUT2D eigenvalue weighted by Crippen LogP contribution is -2.40. The molecule has 1 aliphatic rings. The Morgan fingerprint density at radius 3 is 2.63 bits per heavy atom. The Balaban J connectivity index is 1.58. The van der Waals surface area contributed by atoms with E-state index in [-0.39, 0.29) is 11.9 Å². The van der Waals surface area contributed by atoms with Gasteiger partial charge < -0.3 is 15.1 Å².